The maximum absolute atomic E-state index is 12.6. The van der Waals surface area contributed by atoms with Gasteiger partial charge in [0.05, 0.1) is 17.0 Å². The minimum atomic E-state index is -3.77. The maximum atomic E-state index is 12.6. The van der Waals surface area contributed by atoms with Gasteiger partial charge in [-0.3, -0.25) is 9.59 Å². The van der Waals surface area contributed by atoms with Crippen molar-refractivity contribution < 1.29 is 18.0 Å². The van der Waals surface area contributed by atoms with E-state index in [1.54, 1.807) is 0 Å². The fourth-order valence-electron chi connectivity index (χ4n) is 2.83. The first-order chi connectivity index (χ1) is 12.3. The molecule has 1 aromatic rings. The van der Waals surface area contributed by atoms with Crippen molar-refractivity contribution in [1.29, 1.82) is 0 Å². The summed E-state index contributed by atoms with van der Waals surface area (Å²) in [6.45, 7) is 4.56. The van der Waals surface area contributed by atoms with Gasteiger partial charge in [0.2, 0.25) is 15.9 Å². The molecule has 152 valence electrons. The predicted octanol–water partition coefficient (Wildman–Crippen LogP) is 0.476. The van der Waals surface area contributed by atoms with Crippen molar-refractivity contribution in [2.24, 2.45) is 5.73 Å². The number of carbonyl (C=O) groups excluding carboxylic acids is 2. The number of nitrogens with zero attached hydrogens (tertiary/aromatic N) is 1. The van der Waals surface area contributed by atoms with Crippen LogP contribution < -0.4 is 16.4 Å². The molecule has 8 nitrogen and oxygen atoms in total. The van der Waals surface area contributed by atoms with Crippen LogP contribution in [0.15, 0.2) is 29.2 Å². The minimum Gasteiger partial charge on any atom is -0.354 e. The van der Waals surface area contributed by atoms with E-state index in [2.05, 4.69) is 10.6 Å². The molecule has 1 saturated heterocycles. The molecule has 1 heterocycles. The molecular weight excluding hydrogens is 392 g/mol. The summed E-state index contributed by atoms with van der Waals surface area (Å²) in [7, 11) is -3.77. The molecule has 0 aliphatic carbocycles. The molecule has 1 aromatic carbocycles. The number of amides is 2. The van der Waals surface area contributed by atoms with E-state index in [9.17, 15) is 18.0 Å². The van der Waals surface area contributed by atoms with E-state index < -0.39 is 15.6 Å². The minimum absolute atomic E-state index is 0. The molecule has 0 aromatic heterocycles. The molecule has 4 N–H and O–H groups in total. The Bertz CT molecular complexity index is 755. The van der Waals surface area contributed by atoms with Gasteiger partial charge in [0.15, 0.2) is 0 Å². The Morgan fingerprint density at radius 3 is 2.33 bits per heavy atom. The molecule has 27 heavy (non-hydrogen) atoms. The van der Waals surface area contributed by atoms with E-state index in [0.29, 0.717) is 24.9 Å². The number of halogens is 1. The lowest BCUT2D eigenvalue weighted by Crippen LogP contribution is -2.52. The summed E-state index contributed by atoms with van der Waals surface area (Å²) in [6.07, 6.45) is 1.41. The van der Waals surface area contributed by atoms with Crippen molar-refractivity contribution in [2.45, 2.75) is 37.1 Å². The highest BCUT2D eigenvalue weighted by Gasteiger charge is 2.30. The molecule has 0 radical (unpaired) electrons. The summed E-state index contributed by atoms with van der Waals surface area (Å²) in [6, 6.07) is 5.72. The van der Waals surface area contributed by atoms with Crippen LogP contribution >= 0.6 is 12.4 Å². The first kappa shape index (κ1) is 23.4. The van der Waals surface area contributed by atoms with E-state index in [4.69, 9.17) is 5.73 Å². The van der Waals surface area contributed by atoms with E-state index in [1.165, 1.54) is 24.3 Å². The molecule has 2 rings (SSSR count). The first-order valence-electron chi connectivity index (χ1n) is 8.67. The Balaban J connectivity index is 0.00000364. The standard InChI is InChI=1S/C17H26N4O4S.ClH/c1-3-17(4-2,12-18)20-16(23)13-5-7-14(8-6-13)26(24,25)21-10-9-19-15(22)11-21;/h5-8H,3-4,9-12,18H2,1-2H3,(H,19,22)(H,20,23);1H. The maximum Gasteiger partial charge on any atom is 0.251 e. The van der Waals surface area contributed by atoms with Gasteiger partial charge in [0, 0.05) is 25.2 Å². The smallest absolute Gasteiger partial charge is 0.251 e. The summed E-state index contributed by atoms with van der Waals surface area (Å²) in [4.78, 5) is 24.0. The van der Waals surface area contributed by atoms with Crippen LogP contribution in [0.4, 0.5) is 0 Å². The summed E-state index contributed by atoms with van der Waals surface area (Å²) in [5.74, 6) is -0.617. The first-order valence-corrected chi connectivity index (χ1v) is 10.1. The molecule has 0 bridgehead atoms. The third kappa shape index (κ3) is 5.19. The summed E-state index contributed by atoms with van der Waals surface area (Å²) in [5, 5.41) is 5.54. The molecule has 1 fully saturated rings. The van der Waals surface area contributed by atoms with Crippen molar-refractivity contribution in [3.05, 3.63) is 29.8 Å². The van der Waals surface area contributed by atoms with Gasteiger partial charge in [-0.1, -0.05) is 13.8 Å². The average molecular weight is 419 g/mol. The van der Waals surface area contributed by atoms with Gasteiger partial charge in [-0.05, 0) is 37.1 Å². The molecule has 10 heteroatoms. The molecule has 0 spiro atoms. The third-order valence-corrected chi connectivity index (χ3v) is 6.74. The van der Waals surface area contributed by atoms with Crippen LogP contribution in [0, 0.1) is 0 Å². The molecule has 0 unspecified atom stereocenters. The Hall–Kier alpha value is -1.68. The summed E-state index contributed by atoms with van der Waals surface area (Å²) >= 11 is 0. The number of hydrogen-bond acceptors (Lipinski definition) is 5. The fourth-order valence-corrected chi connectivity index (χ4v) is 4.22. The fraction of sp³-hybridized carbons (Fsp3) is 0.529. The highest BCUT2D eigenvalue weighted by atomic mass is 35.5. The largest absolute Gasteiger partial charge is 0.354 e. The van der Waals surface area contributed by atoms with Crippen molar-refractivity contribution >= 4 is 34.2 Å². The molecular formula is C17H27ClN4O4S. The van der Waals surface area contributed by atoms with Crippen LogP contribution in [0.3, 0.4) is 0 Å². The molecule has 1 aliphatic heterocycles. The zero-order chi connectivity index (χ0) is 19.4. The van der Waals surface area contributed by atoms with E-state index >= 15 is 0 Å². The van der Waals surface area contributed by atoms with Crippen LogP contribution in [0.5, 0.6) is 0 Å². The van der Waals surface area contributed by atoms with E-state index in [0.717, 1.165) is 4.31 Å². The van der Waals surface area contributed by atoms with Crippen molar-refractivity contribution in [1.82, 2.24) is 14.9 Å². The van der Waals surface area contributed by atoms with Gasteiger partial charge in [-0.25, -0.2) is 8.42 Å². The number of nitrogens with one attached hydrogen (secondary N) is 2. The normalized spacial score (nSPS) is 15.6. The van der Waals surface area contributed by atoms with Crippen molar-refractivity contribution in [3.63, 3.8) is 0 Å². The molecule has 1 aliphatic rings. The van der Waals surface area contributed by atoms with Gasteiger partial charge in [-0.2, -0.15) is 4.31 Å². The van der Waals surface area contributed by atoms with Crippen molar-refractivity contribution in [2.75, 3.05) is 26.2 Å². The second-order valence-corrected chi connectivity index (χ2v) is 8.30. The number of nitrogens with two attached hydrogens (primary N) is 1. The summed E-state index contributed by atoms with van der Waals surface area (Å²) < 4.78 is 26.4. The Morgan fingerprint density at radius 2 is 1.85 bits per heavy atom. The summed E-state index contributed by atoms with van der Waals surface area (Å²) in [5.41, 5.74) is 5.69. The van der Waals surface area contributed by atoms with Crippen LogP contribution in [0.25, 0.3) is 0 Å². The highest BCUT2D eigenvalue weighted by Crippen LogP contribution is 2.19. The van der Waals surface area contributed by atoms with Gasteiger partial charge < -0.3 is 16.4 Å². The lowest BCUT2D eigenvalue weighted by molar-refractivity contribution is -0.122. The molecule has 2 amide bonds. The SMILES string of the molecule is CCC(CC)(CN)NC(=O)c1ccc(S(=O)(=O)N2CCNC(=O)C2)cc1.Cl. The van der Waals surface area contributed by atoms with Gasteiger partial charge in [0.1, 0.15) is 0 Å². The number of rotatable bonds is 7. The quantitative estimate of drug-likeness (QED) is 0.594. The van der Waals surface area contributed by atoms with Gasteiger partial charge >= 0.3 is 0 Å². The second-order valence-electron chi connectivity index (χ2n) is 6.36. The van der Waals surface area contributed by atoms with Gasteiger partial charge in [-0.15, -0.1) is 12.4 Å². The average Bonchev–Trinajstić information content (AvgIpc) is 2.66. The van der Waals surface area contributed by atoms with E-state index in [1.807, 2.05) is 13.8 Å². The number of benzene rings is 1. The number of hydrogen-bond donors (Lipinski definition) is 3. The molecule has 0 atom stereocenters. The Morgan fingerprint density at radius 1 is 1.26 bits per heavy atom. The topological polar surface area (TPSA) is 122 Å². The van der Waals surface area contributed by atoms with E-state index in [-0.39, 0.29) is 48.8 Å². The third-order valence-electron chi connectivity index (χ3n) is 4.88. The highest BCUT2D eigenvalue weighted by molar-refractivity contribution is 7.89. The number of sulfonamides is 1. The predicted molar refractivity (Wildman–Crippen MR) is 105 cm³/mol. The Kier molecular flexibility index (Phi) is 8.22. The number of carbonyl (C=O) groups is 2. The zero-order valence-electron chi connectivity index (χ0n) is 15.5. The van der Waals surface area contributed by atoms with Crippen LogP contribution in [0.2, 0.25) is 0 Å². The van der Waals surface area contributed by atoms with Crippen LogP contribution in [0.1, 0.15) is 37.0 Å². The van der Waals surface area contributed by atoms with Crippen molar-refractivity contribution in [3.8, 4) is 0 Å². The zero-order valence-corrected chi connectivity index (χ0v) is 17.2. The Labute approximate surface area is 166 Å². The lowest BCUT2D eigenvalue weighted by atomic mass is 9.92. The number of piperazine rings is 1. The second kappa shape index (κ2) is 9.50. The van der Waals surface area contributed by atoms with Crippen LogP contribution in [-0.4, -0.2) is 56.3 Å². The van der Waals surface area contributed by atoms with Gasteiger partial charge in [0.25, 0.3) is 5.91 Å². The van der Waals surface area contributed by atoms with Crippen LogP contribution in [-0.2, 0) is 14.8 Å². The lowest BCUT2D eigenvalue weighted by Gasteiger charge is -2.31. The molecule has 0 saturated carbocycles. The monoisotopic (exact) mass is 418 g/mol.